The Bertz CT molecular complexity index is 2600. The first kappa shape index (κ1) is 34.8. The normalized spacial score (nSPS) is 22.1. The highest BCUT2D eigenvalue weighted by Gasteiger charge is 2.51. The van der Waals surface area contributed by atoms with E-state index in [9.17, 15) is 23.1 Å². The van der Waals surface area contributed by atoms with Crippen molar-refractivity contribution in [3.63, 3.8) is 0 Å². The van der Waals surface area contributed by atoms with Crippen molar-refractivity contribution in [1.29, 1.82) is 0 Å². The number of carboxylic acid groups (broad SMARTS) is 1. The molecule has 6 aromatic rings. The lowest BCUT2D eigenvalue weighted by atomic mass is 9.49. The molecule has 4 saturated carbocycles. The van der Waals surface area contributed by atoms with E-state index >= 15 is 0 Å². The van der Waals surface area contributed by atoms with Gasteiger partial charge in [-0.05, 0) is 118 Å². The van der Waals surface area contributed by atoms with Crippen molar-refractivity contribution in [2.45, 2.75) is 71.8 Å². The number of thiazole rings is 1. The van der Waals surface area contributed by atoms with Gasteiger partial charge < -0.3 is 15.3 Å². The van der Waals surface area contributed by atoms with E-state index in [1.54, 1.807) is 24.1 Å². The van der Waals surface area contributed by atoms with Crippen LogP contribution in [0.15, 0.2) is 47.3 Å². The van der Waals surface area contributed by atoms with Crippen LogP contribution >= 0.6 is 11.3 Å². The topological polar surface area (TPSA) is 178 Å². The lowest BCUT2D eigenvalue weighted by Gasteiger charge is -2.56. The van der Waals surface area contributed by atoms with Gasteiger partial charge in [0.25, 0.3) is 5.56 Å². The minimum absolute atomic E-state index is 0.0232. The Hall–Kier alpha value is -4.96. The number of nitrogens with zero attached hydrogens (tertiary/aromatic N) is 8. The summed E-state index contributed by atoms with van der Waals surface area (Å²) in [5.74, 6) is 1.96. The molecule has 0 spiro atoms. The van der Waals surface area contributed by atoms with E-state index in [1.807, 2.05) is 48.9 Å². The molecule has 4 aliphatic carbocycles. The van der Waals surface area contributed by atoms with Crippen molar-refractivity contribution in [3.8, 4) is 0 Å². The number of hydrogen-bond acceptors (Lipinski definition) is 12. The summed E-state index contributed by atoms with van der Waals surface area (Å²) < 4.78 is 31.7. The Balaban J connectivity index is 1.10. The summed E-state index contributed by atoms with van der Waals surface area (Å²) in [6, 6.07) is 13.3. The number of carboxylic acids is 1. The maximum atomic E-state index is 14.4. The predicted octanol–water partition coefficient (Wildman–Crippen LogP) is 6.53. The molecule has 0 aliphatic heterocycles. The van der Waals surface area contributed by atoms with Crippen molar-refractivity contribution in [1.82, 2.24) is 33.9 Å². The van der Waals surface area contributed by atoms with Crippen molar-refractivity contribution >= 4 is 82.1 Å². The fraction of sp³-hybridized carbons (Fsp3) is 0.447. The zero-order valence-corrected chi connectivity index (χ0v) is 32.0. The van der Waals surface area contributed by atoms with Gasteiger partial charge >= 0.3 is 5.97 Å². The van der Waals surface area contributed by atoms with Crippen LogP contribution in [0.25, 0.3) is 32.2 Å². The molecule has 0 saturated heterocycles. The summed E-state index contributed by atoms with van der Waals surface area (Å²) in [6.45, 7) is 4.51. The molecule has 16 heteroatoms. The van der Waals surface area contributed by atoms with Crippen molar-refractivity contribution in [2.75, 3.05) is 23.0 Å². The molecule has 2 N–H and O–H groups in total. The number of aryl methyl sites for hydroxylation is 2. The quantitative estimate of drug-likeness (QED) is 0.146. The second-order valence-corrected chi connectivity index (χ2v) is 18.7. The Kier molecular flexibility index (Phi) is 8.26. The summed E-state index contributed by atoms with van der Waals surface area (Å²) in [5.41, 5.74) is 1.81. The van der Waals surface area contributed by atoms with E-state index in [0.29, 0.717) is 39.9 Å². The van der Waals surface area contributed by atoms with Crippen LogP contribution in [0.4, 0.5) is 22.6 Å². The van der Waals surface area contributed by atoms with Gasteiger partial charge in [-0.2, -0.15) is 9.07 Å². The van der Waals surface area contributed by atoms with Crippen molar-refractivity contribution in [3.05, 3.63) is 64.1 Å². The number of benzene rings is 1. The molecule has 10 rings (SSSR count). The molecule has 54 heavy (non-hydrogen) atoms. The molecule has 4 fully saturated rings. The lowest BCUT2D eigenvalue weighted by molar-refractivity contribution is -0.137. The Labute approximate surface area is 315 Å². The van der Waals surface area contributed by atoms with Gasteiger partial charge in [0.1, 0.15) is 11.3 Å². The third-order valence-electron chi connectivity index (χ3n) is 11.8. The molecule has 5 aromatic heterocycles. The molecule has 1 aromatic carbocycles. The number of para-hydroxylation sites is 1. The van der Waals surface area contributed by atoms with Crippen LogP contribution in [-0.4, -0.2) is 66.2 Å². The summed E-state index contributed by atoms with van der Waals surface area (Å²) in [5, 5.41) is 28.0. The fourth-order valence-corrected chi connectivity index (χ4v) is 12.1. The summed E-state index contributed by atoms with van der Waals surface area (Å²) in [4.78, 5) is 36.7. The van der Waals surface area contributed by atoms with Crippen LogP contribution in [0.1, 0.15) is 62.6 Å². The number of aliphatic carboxylic acids is 1. The summed E-state index contributed by atoms with van der Waals surface area (Å²) >= 11 is 1.52. The zero-order chi connectivity index (χ0) is 37.5. The number of fused-ring (bicyclic) bond motifs is 4. The van der Waals surface area contributed by atoms with E-state index < -0.39 is 27.3 Å². The van der Waals surface area contributed by atoms with E-state index in [-0.39, 0.29) is 29.4 Å². The standard InChI is InChI=1S/C38H41N9O5S2/c1-21-13-30(42-43-34(21)41-37-39-27-7-4-5-8-28(27)53-37)45(3)29-11-10-26-32-22(2)46(20-38-17-23-14-24(18-38)16-25(15-23)19-38)44-35(32)47(36(50)33(26)40-29)54(51,52)12-6-9-31(48)49/h4-5,7-8,10-11,13,23-25H,6,9,12,14-20H2,1-3H3,(H,48,49)(H,39,41,43). The molecule has 0 amide bonds. The van der Waals surface area contributed by atoms with Crippen molar-refractivity contribution in [2.24, 2.45) is 23.2 Å². The smallest absolute Gasteiger partial charge is 0.303 e. The Morgan fingerprint density at radius 1 is 1.02 bits per heavy atom. The zero-order valence-electron chi connectivity index (χ0n) is 30.3. The third-order valence-corrected chi connectivity index (χ3v) is 14.5. The second-order valence-electron chi connectivity index (χ2n) is 15.7. The van der Waals surface area contributed by atoms with Crippen LogP contribution in [-0.2, 0) is 21.4 Å². The van der Waals surface area contributed by atoms with Gasteiger partial charge in [0.15, 0.2) is 22.4 Å². The van der Waals surface area contributed by atoms with Crippen LogP contribution < -0.4 is 15.8 Å². The van der Waals surface area contributed by atoms with Gasteiger partial charge in [0.2, 0.25) is 10.0 Å². The third kappa shape index (κ3) is 5.99. The number of rotatable bonds is 11. The number of nitrogens with one attached hydrogen (secondary N) is 1. The lowest BCUT2D eigenvalue weighted by Crippen LogP contribution is -2.48. The second kappa shape index (κ2) is 12.8. The molecule has 5 heterocycles. The molecular weight excluding hydrogens is 727 g/mol. The predicted molar refractivity (Wildman–Crippen MR) is 208 cm³/mol. The number of carbonyl (C=O) groups is 1. The Morgan fingerprint density at radius 3 is 2.43 bits per heavy atom. The van der Waals surface area contributed by atoms with Crippen LogP contribution in [0.2, 0.25) is 0 Å². The average molecular weight is 768 g/mol. The SMILES string of the molecule is Cc1cc(N(C)c2ccc3c(n2)c(=O)n(S(=O)(=O)CCCC(=O)O)c2nn(CC45CC6CC(CC(C6)C4)C5)c(C)c32)nnc1Nc1nc2ccccc2s1. The van der Waals surface area contributed by atoms with Crippen molar-refractivity contribution < 1.29 is 18.3 Å². The first-order valence-corrected chi connectivity index (χ1v) is 20.9. The number of hydrogen-bond donors (Lipinski definition) is 2. The van der Waals surface area contributed by atoms with E-state index in [1.165, 1.54) is 30.6 Å². The van der Waals surface area contributed by atoms with E-state index in [0.717, 1.165) is 62.5 Å². The molecule has 4 aliphatic rings. The van der Waals surface area contributed by atoms with Gasteiger partial charge in [0, 0.05) is 31.1 Å². The highest BCUT2D eigenvalue weighted by molar-refractivity contribution is 7.90. The van der Waals surface area contributed by atoms with E-state index in [2.05, 4.69) is 20.5 Å². The van der Waals surface area contributed by atoms with Gasteiger partial charge in [0.05, 0.1) is 21.4 Å². The maximum Gasteiger partial charge on any atom is 0.303 e. The largest absolute Gasteiger partial charge is 0.481 e. The van der Waals surface area contributed by atoms with Gasteiger partial charge in [-0.25, -0.2) is 18.4 Å². The van der Waals surface area contributed by atoms with Gasteiger partial charge in [-0.3, -0.25) is 14.3 Å². The monoisotopic (exact) mass is 767 g/mol. The van der Waals surface area contributed by atoms with Gasteiger partial charge in [-0.15, -0.1) is 10.2 Å². The average Bonchev–Trinajstić information content (AvgIpc) is 3.67. The van der Waals surface area contributed by atoms with Crippen LogP contribution in [0, 0.1) is 37.0 Å². The first-order chi connectivity index (χ1) is 25.9. The molecule has 0 atom stereocenters. The molecule has 4 bridgehead atoms. The minimum Gasteiger partial charge on any atom is -0.481 e. The number of anilines is 4. The summed E-state index contributed by atoms with van der Waals surface area (Å²) in [6.07, 6.45) is 6.86. The highest BCUT2D eigenvalue weighted by Crippen LogP contribution is 2.60. The first-order valence-electron chi connectivity index (χ1n) is 18.4. The van der Waals surface area contributed by atoms with Crippen LogP contribution in [0.3, 0.4) is 0 Å². The molecule has 0 radical (unpaired) electrons. The minimum atomic E-state index is -4.31. The molecule has 14 nitrogen and oxygen atoms in total. The summed E-state index contributed by atoms with van der Waals surface area (Å²) in [7, 11) is -2.56. The molecule has 0 unspecified atom stereocenters. The maximum absolute atomic E-state index is 14.4. The fourth-order valence-electron chi connectivity index (χ4n) is 9.79. The molecular formula is C38H41N9O5S2. The molecule has 280 valence electrons. The number of pyridine rings is 2. The van der Waals surface area contributed by atoms with Crippen LogP contribution in [0.5, 0.6) is 0 Å². The van der Waals surface area contributed by atoms with E-state index in [4.69, 9.17) is 10.1 Å². The Morgan fingerprint density at radius 2 is 1.74 bits per heavy atom. The van der Waals surface area contributed by atoms with Gasteiger partial charge in [-0.1, -0.05) is 23.5 Å². The highest BCUT2D eigenvalue weighted by atomic mass is 32.2. The number of aromatic nitrogens is 7.